The van der Waals surface area contributed by atoms with Crippen LogP contribution in [-0.2, 0) is 0 Å². The van der Waals surface area contributed by atoms with E-state index in [1.807, 2.05) is 0 Å². The number of carboxylic acid groups (broad SMARTS) is 1. The van der Waals surface area contributed by atoms with Crippen molar-refractivity contribution >= 4 is 27.6 Å². The average molecular weight is 344 g/mol. The second kappa shape index (κ2) is 5.46. The maximum absolute atomic E-state index is 13.6. The van der Waals surface area contributed by atoms with Crippen LogP contribution in [-0.4, -0.2) is 11.1 Å². The number of benzene rings is 2. The van der Waals surface area contributed by atoms with Gasteiger partial charge in [0.05, 0.1) is 11.3 Å². The van der Waals surface area contributed by atoms with Crippen molar-refractivity contribution in [3.63, 3.8) is 0 Å². The second-order valence-corrected chi connectivity index (χ2v) is 4.78. The Morgan fingerprint density at radius 3 is 2.50 bits per heavy atom. The van der Waals surface area contributed by atoms with Gasteiger partial charge in [-0.3, -0.25) is 0 Å². The summed E-state index contributed by atoms with van der Waals surface area (Å²) in [5, 5.41) is 8.79. The third-order valence-corrected chi connectivity index (χ3v) is 2.89. The van der Waals surface area contributed by atoms with Crippen LogP contribution in [0.25, 0.3) is 0 Å². The van der Waals surface area contributed by atoms with Crippen molar-refractivity contribution in [2.45, 2.75) is 0 Å². The molecule has 20 heavy (non-hydrogen) atoms. The van der Waals surface area contributed by atoms with Crippen molar-refractivity contribution in [2.75, 3.05) is 5.73 Å². The molecule has 0 aliphatic carbocycles. The third kappa shape index (κ3) is 2.88. The van der Waals surface area contributed by atoms with E-state index in [9.17, 15) is 13.6 Å². The molecule has 0 unspecified atom stereocenters. The predicted octanol–water partition coefficient (Wildman–Crippen LogP) is 3.80. The number of aromatic carboxylic acids is 1. The molecule has 0 bridgehead atoms. The molecule has 0 saturated carbocycles. The van der Waals surface area contributed by atoms with Gasteiger partial charge in [-0.25, -0.2) is 9.18 Å². The Labute approximate surface area is 120 Å². The molecule has 2 aromatic carbocycles. The van der Waals surface area contributed by atoms with E-state index in [0.29, 0.717) is 4.47 Å². The van der Waals surface area contributed by atoms with E-state index in [-0.39, 0.29) is 22.7 Å². The number of nitrogen functional groups attached to an aromatic ring is 1. The Kier molecular flexibility index (Phi) is 3.89. The smallest absolute Gasteiger partial charge is 0.335 e. The minimum absolute atomic E-state index is 0.00434. The van der Waals surface area contributed by atoms with Crippen molar-refractivity contribution in [3.8, 4) is 11.5 Å². The fourth-order valence-electron chi connectivity index (χ4n) is 1.50. The van der Waals surface area contributed by atoms with Crippen molar-refractivity contribution in [1.82, 2.24) is 0 Å². The lowest BCUT2D eigenvalue weighted by atomic mass is 10.2. The first-order valence-corrected chi connectivity index (χ1v) is 6.13. The van der Waals surface area contributed by atoms with Crippen LogP contribution in [0.3, 0.4) is 0 Å². The van der Waals surface area contributed by atoms with E-state index in [4.69, 9.17) is 15.6 Å². The summed E-state index contributed by atoms with van der Waals surface area (Å²) >= 11 is 3.01. The van der Waals surface area contributed by atoms with E-state index in [1.165, 1.54) is 24.3 Å². The Bertz CT molecular complexity index is 692. The van der Waals surface area contributed by atoms with Gasteiger partial charge in [-0.1, -0.05) is 15.9 Å². The molecule has 0 spiro atoms. The summed E-state index contributed by atoms with van der Waals surface area (Å²) in [4.78, 5) is 10.8. The zero-order chi connectivity index (χ0) is 14.9. The molecule has 0 aliphatic rings. The van der Waals surface area contributed by atoms with Crippen molar-refractivity contribution in [3.05, 3.63) is 52.0 Å². The van der Waals surface area contributed by atoms with Gasteiger partial charge in [0.2, 0.25) is 5.82 Å². The summed E-state index contributed by atoms with van der Waals surface area (Å²) in [6, 6.07) is 5.89. The monoisotopic (exact) mass is 343 g/mol. The van der Waals surface area contributed by atoms with Crippen LogP contribution in [0.1, 0.15) is 10.4 Å². The first kappa shape index (κ1) is 14.3. The van der Waals surface area contributed by atoms with Crippen LogP contribution in [0.15, 0.2) is 34.8 Å². The van der Waals surface area contributed by atoms with Gasteiger partial charge in [0.1, 0.15) is 0 Å². The maximum Gasteiger partial charge on any atom is 0.335 e. The normalized spacial score (nSPS) is 10.3. The number of nitrogens with two attached hydrogens (primary N) is 1. The molecule has 7 heteroatoms. The first-order chi connectivity index (χ1) is 9.38. The fraction of sp³-hybridized carbons (Fsp3) is 0. The summed E-state index contributed by atoms with van der Waals surface area (Å²) in [6.45, 7) is 0. The highest BCUT2D eigenvalue weighted by Gasteiger charge is 2.14. The third-order valence-electron chi connectivity index (χ3n) is 2.44. The molecule has 0 fully saturated rings. The van der Waals surface area contributed by atoms with E-state index in [2.05, 4.69) is 15.9 Å². The van der Waals surface area contributed by atoms with E-state index in [0.717, 1.165) is 6.07 Å². The standard InChI is InChI=1S/C13H8BrF2NO3/c14-7-4-8(15)12(16)11(5-7)20-10-2-1-6(13(18)19)3-9(10)17/h1-5H,17H2,(H,18,19). The molecular formula is C13H8BrF2NO3. The summed E-state index contributed by atoms with van der Waals surface area (Å²) in [5.74, 6) is -3.70. The number of halogens is 3. The van der Waals surface area contributed by atoms with Crippen LogP contribution >= 0.6 is 15.9 Å². The van der Waals surface area contributed by atoms with Gasteiger partial charge in [-0.15, -0.1) is 0 Å². The summed E-state index contributed by atoms with van der Waals surface area (Å²) in [7, 11) is 0. The van der Waals surface area contributed by atoms with Gasteiger partial charge in [0.25, 0.3) is 0 Å². The molecule has 104 valence electrons. The molecule has 0 amide bonds. The summed E-state index contributed by atoms with van der Waals surface area (Å²) < 4.78 is 32.2. The van der Waals surface area contributed by atoms with Crippen LogP contribution in [0.4, 0.5) is 14.5 Å². The molecule has 0 aliphatic heterocycles. The molecule has 0 radical (unpaired) electrons. The minimum atomic E-state index is -1.16. The van der Waals surface area contributed by atoms with E-state index < -0.39 is 17.6 Å². The zero-order valence-electron chi connectivity index (χ0n) is 9.86. The van der Waals surface area contributed by atoms with Gasteiger partial charge in [-0.05, 0) is 30.3 Å². The van der Waals surface area contributed by atoms with Gasteiger partial charge >= 0.3 is 5.97 Å². The Balaban J connectivity index is 2.38. The van der Waals surface area contributed by atoms with Crippen LogP contribution in [0, 0.1) is 11.6 Å². The lowest BCUT2D eigenvalue weighted by Crippen LogP contribution is -2.00. The highest BCUT2D eigenvalue weighted by molar-refractivity contribution is 9.10. The van der Waals surface area contributed by atoms with Gasteiger partial charge in [0.15, 0.2) is 17.3 Å². The average Bonchev–Trinajstić information content (AvgIpc) is 2.37. The highest BCUT2D eigenvalue weighted by Crippen LogP contribution is 2.32. The lowest BCUT2D eigenvalue weighted by molar-refractivity contribution is 0.0697. The first-order valence-electron chi connectivity index (χ1n) is 5.33. The number of hydrogen-bond acceptors (Lipinski definition) is 3. The Hall–Kier alpha value is -2.15. The number of hydrogen-bond donors (Lipinski definition) is 2. The van der Waals surface area contributed by atoms with Crippen molar-refractivity contribution in [2.24, 2.45) is 0 Å². The Morgan fingerprint density at radius 1 is 1.20 bits per heavy atom. The van der Waals surface area contributed by atoms with E-state index in [1.54, 1.807) is 0 Å². The zero-order valence-corrected chi connectivity index (χ0v) is 11.4. The second-order valence-electron chi connectivity index (χ2n) is 3.86. The molecule has 0 saturated heterocycles. The number of carboxylic acids is 1. The largest absolute Gasteiger partial charge is 0.478 e. The summed E-state index contributed by atoms with van der Waals surface area (Å²) in [6.07, 6.45) is 0. The Morgan fingerprint density at radius 2 is 1.90 bits per heavy atom. The lowest BCUT2D eigenvalue weighted by Gasteiger charge is -2.10. The van der Waals surface area contributed by atoms with Gasteiger partial charge in [0, 0.05) is 4.47 Å². The van der Waals surface area contributed by atoms with Crippen molar-refractivity contribution < 1.29 is 23.4 Å². The van der Waals surface area contributed by atoms with E-state index >= 15 is 0 Å². The highest BCUT2D eigenvalue weighted by atomic mass is 79.9. The molecule has 3 N–H and O–H groups in total. The number of ether oxygens (including phenoxy) is 1. The SMILES string of the molecule is Nc1cc(C(=O)O)ccc1Oc1cc(Br)cc(F)c1F. The van der Waals surface area contributed by atoms with Crippen LogP contribution < -0.4 is 10.5 Å². The van der Waals surface area contributed by atoms with Crippen LogP contribution in [0.2, 0.25) is 0 Å². The molecule has 0 atom stereocenters. The minimum Gasteiger partial charge on any atom is -0.478 e. The molecular weight excluding hydrogens is 336 g/mol. The fourth-order valence-corrected chi connectivity index (χ4v) is 1.91. The van der Waals surface area contributed by atoms with Crippen LogP contribution in [0.5, 0.6) is 11.5 Å². The number of anilines is 1. The molecule has 2 rings (SSSR count). The maximum atomic E-state index is 13.6. The predicted molar refractivity (Wildman–Crippen MR) is 71.9 cm³/mol. The number of rotatable bonds is 3. The van der Waals surface area contributed by atoms with Gasteiger partial charge in [-0.2, -0.15) is 4.39 Å². The molecule has 0 aromatic heterocycles. The molecule has 0 heterocycles. The van der Waals surface area contributed by atoms with Gasteiger partial charge < -0.3 is 15.6 Å². The number of carbonyl (C=O) groups is 1. The summed E-state index contributed by atoms with van der Waals surface area (Å²) in [5.41, 5.74) is 5.59. The topological polar surface area (TPSA) is 72.6 Å². The van der Waals surface area contributed by atoms with Crippen molar-refractivity contribution in [1.29, 1.82) is 0 Å². The molecule has 4 nitrogen and oxygen atoms in total. The molecule has 2 aromatic rings. The quantitative estimate of drug-likeness (QED) is 0.656.